The summed E-state index contributed by atoms with van der Waals surface area (Å²) in [5.74, 6) is -1.66. The van der Waals surface area contributed by atoms with E-state index in [0.717, 1.165) is 5.01 Å². The van der Waals surface area contributed by atoms with Gasteiger partial charge in [0, 0.05) is 18.1 Å². The van der Waals surface area contributed by atoms with Crippen molar-refractivity contribution in [1.29, 1.82) is 0 Å². The molecule has 12 heteroatoms. The maximum Gasteiger partial charge on any atom is 0.311 e. The molecule has 1 atom stereocenters. The molecule has 12 nitrogen and oxygen atoms in total. The molecule has 0 radical (unpaired) electrons. The minimum atomic E-state index is -0.824. The number of aryl methyl sites for hydroxylation is 1. The molecule has 1 aromatic carbocycles. The van der Waals surface area contributed by atoms with Gasteiger partial charge < -0.3 is 24.1 Å². The third kappa shape index (κ3) is 5.33. The first kappa shape index (κ1) is 22.6. The first-order valence-corrected chi connectivity index (χ1v) is 9.54. The molecule has 32 heavy (non-hydrogen) atoms. The molecule has 3 rings (SSSR count). The summed E-state index contributed by atoms with van der Waals surface area (Å²) in [6.07, 6.45) is -0.158. The van der Waals surface area contributed by atoms with Crippen molar-refractivity contribution in [3.05, 3.63) is 35.6 Å². The first-order chi connectivity index (χ1) is 15.3. The van der Waals surface area contributed by atoms with Crippen LogP contribution in [0, 0.1) is 12.8 Å². The lowest BCUT2D eigenvalue weighted by Crippen LogP contribution is -2.43. The SMILES string of the molecule is COc1ccc(C(=O)NN2C[C@H](C(=O)OCC(=O)Nc3cc(C)on3)CC2=O)cc1OC. The minimum Gasteiger partial charge on any atom is -0.493 e. The van der Waals surface area contributed by atoms with Gasteiger partial charge in [-0.15, -0.1) is 0 Å². The molecule has 1 fully saturated rings. The topological polar surface area (TPSA) is 149 Å². The lowest BCUT2D eigenvalue weighted by atomic mass is 10.1. The van der Waals surface area contributed by atoms with E-state index >= 15 is 0 Å². The Morgan fingerprint density at radius 2 is 1.94 bits per heavy atom. The van der Waals surface area contributed by atoms with Gasteiger partial charge in [-0.25, -0.2) is 0 Å². The van der Waals surface area contributed by atoms with E-state index in [2.05, 4.69) is 15.9 Å². The number of rotatable bonds is 8. The Morgan fingerprint density at radius 3 is 2.59 bits per heavy atom. The molecule has 1 aliphatic rings. The van der Waals surface area contributed by atoms with Crippen molar-refractivity contribution in [3.8, 4) is 11.5 Å². The van der Waals surface area contributed by atoms with Crippen LogP contribution in [0.1, 0.15) is 22.5 Å². The maximum atomic E-state index is 12.5. The normalized spacial score (nSPS) is 15.3. The van der Waals surface area contributed by atoms with Crippen molar-refractivity contribution < 1.29 is 37.9 Å². The van der Waals surface area contributed by atoms with Gasteiger partial charge in [-0.1, -0.05) is 5.16 Å². The Morgan fingerprint density at radius 1 is 1.19 bits per heavy atom. The summed E-state index contributed by atoms with van der Waals surface area (Å²) in [5, 5.41) is 7.06. The average molecular weight is 446 g/mol. The largest absolute Gasteiger partial charge is 0.493 e. The molecule has 2 aromatic rings. The van der Waals surface area contributed by atoms with E-state index < -0.39 is 36.2 Å². The van der Waals surface area contributed by atoms with Crippen LogP contribution < -0.4 is 20.2 Å². The van der Waals surface area contributed by atoms with Gasteiger partial charge in [0.2, 0.25) is 5.91 Å². The Balaban J connectivity index is 1.51. The van der Waals surface area contributed by atoms with Crippen LogP contribution in [0.25, 0.3) is 0 Å². The van der Waals surface area contributed by atoms with Gasteiger partial charge in [-0.3, -0.25) is 29.6 Å². The number of nitrogens with zero attached hydrogens (tertiary/aromatic N) is 2. The maximum absolute atomic E-state index is 12.5. The van der Waals surface area contributed by atoms with E-state index in [0.29, 0.717) is 17.3 Å². The highest BCUT2D eigenvalue weighted by Gasteiger charge is 2.36. The molecule has 2 heterocycles. The quantitative estimate of drug-likeness (QED) is 0.558. The number of carbonyl (C=O) groups is 4. The van der Waals surface area contributed by atoms with E-state index in [1.54, 1.807) is 13.0 Å². The van der Waals surface area contributed by atoms with Crippen LogP contribution in [0.3, 0.4) is 0 Å². The molecule has 0 bridgehead atoms. The standard InChI is InChI=1S/C20H22N4O8/c1-11-6-16(23-32-11)21-17(25)10-31-20(28)13-8-18(26)24(9-13)22-19(27)12-4-5-14(29-2)15(7-12)30-3/h4-7,13H,8-10H2,1-3H3,(H,22,27)(H,21,23,25)/t13-/m1/s1. The predicted molar refractivity (Wildman–Crippen MR) is 108 cm³/mol. The second-order valence-corrected chi connectivity index (χ2v) is 6.89. The summed E-state index contributed by atoms with van der Waals surface area (Å²) >= 11 is 0. The third-order valence-corrected chi connectivity index (χ3v) is 4.58. The number of hydrogen-bond donors (Lipinski definition) is 2. The Hall–Kier alpha value is -4.09. The molecule has 1 aromatic heterocycles. The highest BCUT2D eigenvalue weighted by molar-refractivity contribution is 5.97. The summed E-state index contributed by atoms with van der Waals surface area (Å²) in [7, 11) is 2.91. The molecule has 1 saturated heterocycles. The number of methoxy groups -OCH3 is 2. The van der Waals surface area contributed by atoms with E-state index in [1.807, 2.05) is 0 Å². The van der Waals surface area contributed by atoms with Gasteiger partial charge in [0.1, 0.15) is 5.76 Å². The highest BCUT2D eigenvalue weighted by atomic mass is 16.5. The first-order valence-electron chi connectivity index (χ1n) is 9.54. The van der Waals surface area contributed by atoms with Crippen molar-refractivity contribution in [2.24, 2.45) is 5.92 Å². The summed E-state index contributed by atoms with van der Waals surface area (Å²) in [6.45, 7) is 1.03. The molecule has 0 spiro atoms. The smallest absolute Gasteiger partial charge is 0.311 e. The van der Waals surface area contributed by atoms with Crippen LogP contribution in [-0.2, 0) is 19.1 Å². The number of aromatic nitrogens is 1. The molecule has 0 unspecified atom stereocenters. The second-order valence-electron chi connectivity index (χ2n) is 6.89. The zero-order valence-corrected chi connectivity index (χ0v) is 17.7. The van der Waals surface area contributed by atoms with Crippen LogP contribution >= 0.6 is 0 Å². The van der Waals surface area contributed by atoms with Gasteiger partial charge in [-0.05, 0) is 25.1 Å². The van der Waals surface area contributed by atoms with Crippen LogP contribution in [0.5, 0.6) is 11.5 Å². The lowest BCUT2D eigenvalue weighted by Gasteiger charge is -2.18. The van der Waals surface area contributed by atoms with Crippen LogP contribution in [0.4, 0.5) is 5.82 Å². The summed E-state index contributed by atoms with van der Waals surface area (Å²) in [4.78, 5) is 48.8. The zero-order chi connectivity index (χ0) is 23.3. The van der Waals surface area contributed by atoms with Crippen LogP contribution in [0.2, 0.25) is 0 Å². The van der Waals surface area contributed by atoms with Crippen molar-refractivity contribution in [3.63, 3.8) is 0 Å². The molecular formula is C20H22N4O8. The fraction of sp³-hybridized carbons (Fsp3) is 0.350. The molecule has 2 N–H and O–H groups in total. The fourth-order valence-corrected chi connectivity index (χ4v) is 3.00. The average Bonchev–Trinajstić information content (AvgIpc) is 3.36. The number of esters is 1. The van der Waals surface area contributed by atoms with E-state index in [-0.39, 0.29) is 24.3 Å². The summed E-state index contributed by atoms with van der Waals surface area (Å²) < 4.78 is 20.1. The van der Waals surface area contributed by atoms with Gasteiger partial charge in [0.05, 0.1) is 26.7 Å². The van der Waals surface area contributed by atoms with Gasteiger partial charge in [0.15, 0.2) is 23.9 Å². The van der Waals surface area contributed by atoms with Crippen LogP contribution in [-0.4, -0.2) is 61.2 Å². The van der Waals surface area contributed by atoms with E-state index in [1.165, 1.54) is 32.4 Å². The number of amides is 3. The molecule has 1 aliphatic heterocycles. The minimum absolute atomic E-state index is 0.0825. The monoisotopic (exact) mass is 446 g/mol. The summed E-state index contributed by atoms with van der Waals surface area (Å²) in [6, 6.07) is 6.05. The van der Waals surface area contributed by atoms with Crippen molar-refractivity contribution in [1.82, 2.24) is 15.6 Å². The number of carbonyl (C=O) groups excluding carboxylic acids is 4. The molecule has 3 amide bonds. The third-order valence-electron chi connectivity index (χ3n) is 4.58. The van der Waals surface area contributed by atoms with E-state index in [4.69, 9.17) is 18.7 Å². The molecule has 0 saturated carbocycles. The number of hydrazine groups is 1. The summed E-state index contributed by atoms with van der Waals surface area (Å²) in [5.41, 5.74) is 2.70. The van der Waals surface area contributed by atoms with Crippen molar-refractivity contribution >= 4 is 29.5 Å². The zero-order valence-electron chi connectivity index (χ0n) is 17.7. The Labute approximate surface area is 182 Å². The van der Waals surface area contributed by atoms with Crippen LogP contribution in [0.15, 0.2) is 28.8 Å². The van der Waals surface area contributed by atoms with E-state index in [9.17, 15) is 19.2 Å². The number of hydrogen-bond acceptors (Lipinski definition) is 9. The number of benzene rings is 1. The number of anilines is 1. The van der Waals surface area contributed by atoms with Gasteiger partial charge in [-0.2, -0.15) is 0 Å². The molecule has 170 valence electrons. The Bertz CT molecular complexity index is 1030. The highest BCUT2D eigenvalue weighted by Crippen LogP contribution is 2.27. The fourth-order valence-electron chi connectivity index (χ4n) is 3.00. The lowest BCUT2D eigenvalue weighted by molar-refractivity contribution is -0.151. The molecule has 0 aliphatic carbocycles. The molecular weight excluding hydrogens is 424 g/mol. The number of nitrogens with one attached hydrogen (secondary N) is 2. The number of ether oxygens (including phenoxy) is 3. The second kappa shape index (κ2) is 9.81. The van der Waals surface area contributed by atoms with Crippen molar-refractivity contribution in [2.45, 2.75) is 13.3 Å². The van der Waals surface area contributed by atoms with Gasteiger partial charge in [0.25, 0.3) is 11.8 Å². The Kier molecular flexibility index (Phi) is 6.93. The van der Waals surface area contributed by atoms with Crippen molar-refractivity contribution in [2.75, 3.05) is 32.7 Å². The van der Waals surface area contributed by atoms with Gasteiger partial charge >= 0.3 is 5.97 Å². The predicted octanol–water partition coefficient (Wildman–Crippen LogP) is 0.675.